The Morgan fingerprint density at radius 3 is 2.81 bits per heavy atom. The number of sulfonamides is 1. The third-order valence-electron chi connectivity index (χ3n) is 4.29. The SMILES string of the molecule is O=S(=O)(c1ccc2c(c1)OCCO2)N1CCC(Oc2ccncc2Cl)C1. The minimum atomic E-state index is -3.64. The number of aromatic nitrogens is 1. The second kappa shape index (κ2) is 6.94. The van der Waals surface area contributed by atoms with Gasteiger partial charge in [-0.25, -0.2) is 8.42 Å². The Labute approximate surface area is 156 Å². The normalized spacial score (nSPS) is 20.1. The van der Waals surface area contributed by atoms with Gasteiger partial charge in [-0.05, 0) is 18.6 Å². The van der Waals surface area contributed by atoms with E-state index in [-0.39, 0.29) is 17.5 Å². The summed E-state index contributed by atoms with van der Waals surface area (Å²) >= 11 is 6.05. The molecule has 1 unspecified atom stereocenters. The zero-order valence-electron chi connectivity index (χ0n) is 13.8. The minimum Gasteiger partial charge on any atom is -0.487 e. The molecule has 1 saturated heterocycles. The lowest BCUT2D eigenvalue weighted by Gasteiger charge is -2.21. The van der Waals surface area contributed by atoms with Gasteiger partial charge in [-0.15, -0.1) is 0 Å². The van der Waals surface area contributed by atoms with Crippen molar-refractivity contribution in [2.24, 2.45) is 0 Å². The topological polar surface area (TPSA) is 78.0 Å². The first-order valence-electron chi connectivity index (χ1n) is 8.20. The van der Waals surface area contributed by atoms with Gasteiger partial charge in [0.15, 0.2) is 11.5 Å². The van der Waals surface area contributed by atoms with Gasteiger partial charge in [0.2, 0.25) is 10.0 Å². The number of hydrogen-bond donors (Lipinski definition) is 0. The third kappa shape index (κ3) is 3.32. The summed E-state index contributed by atoms with van der Waals surface area (Å²) in [7, 11) is -3.64. The number of nitrogens with zero attached hydrogens (tertiary/aromatic N) is 2. The first-order chi connectivity index (χ1) is 12.5. The lowest BCUT2D eigenvalue weighted by molar-refractivity contribution is 0.171. The van der Waals surface area contributed by atoms with Crippen LogP contribution in [-0.2, 0) is 10.0 Å². The summed E-state index contributed by atoms with van der Waals surface area (Å²) in [6, 6.07) is 6.34. The summed E-state index contributed by atoms with van der Waals surface area (Å²) < 4.78 is 44.0. The molecule has 3 heterocycles. The van der Waals surface area contributed by atoms with E-state index in [0.29, 0.717) is 48.5 Å². The Hall–Kier alpha value is -2.03. The van der Waals surface area contributed by atoms with E-state index in [1.807, 2.05) is 0 Å². The number of fused-ring (bicyclic) bond motifs is 1. The van der Waals surface area contributed by atoms with Crippen molar-refractivity contribution in [1.29, 1.82) is 0 Å². The van der Waals surface area contributed by atoms with E-state index in [4.69, 9.17) is 25.8 Å². The zero-order chi connectivity index (χ0) is 18.1. The van der Waals surface area contributed by atoms with Gasteiger partial charge in [-0.2, -0.15) is 4.31 Å². The molecular formula is C17H17ClN2O5S. The maximum Gasteiger partial charge on any atom is 0.243 e. The van der Waals surface area contributed by atoms with Gasteiger partial charge in [-0.1, -0.05) is 11.6 Å². The fraction of sp³-hybridized carbons (Fsp3) is 0.353. The molecule has 0 saturated carbocycles. The first kappa shape index (κ1) is 17.4. The molecule has 0 spiro atoms. The third-order valence-corrected chi connectivity index (χ3v) is 6.43. The number of ether oxygens (including phenoxy) is 3. The highest BCUT2D eigenvalue weighted by Crippen LogP contribution is 2.34. The number of rotatable bonds is 4. The van der Waals surface area contributed by atoms with Gasteiger partial charge in [-0.3, -0.25) is 4.98 Å². The predicted molar refractivity (Wildman–Crippen MR) is 94.5 cm³/mol. The molecule has 2 aliphatic rings. The van der Waals surface area contributed by atoms with Crippen molar-refractivity contribution in [2.45, 2.75) is 17.4 Å². The quantitative estimate of drug-likeness (QED) is 0.789. The lowest BCUT2D eigenvalue weighted by atomic mass is 10.3. The molecule has 1 aromatic carbocycles. The molecule has 0 bridgehead atoms. The maximum atomic E-state index is 12.9. The molecular weight excluding hydrogens is 380 g/mol. The number of benzene rings is 1. The molecule has 26 heavy (non-hydrogen) atoms. The Morgan fingerprint density at radius 2 is 2.00 bits per heavy atom. The molecule has 1 atom stereocenters. The van der Waals surface area contributed by atoms with E-state index < -0.39 is 10.0 Å². The molecule has 4 rings (SSSR count). The highest BCUT2D eigenvalue weighted by molar-refractivity contribution is 7.89. The highest BCUT2D eigenvalue weighted by Gasteiger charge is 2.34. The van der Waals surface area contributed by atoms with E-state index in [9.17, 15) is 8.42 Å². The van der Waals surface area contributed by atoms with Gasteiger partial charge in [0.1, 0.15) is 30.1 Å². The van der Waals surface area contributed by atoms with Crippen LogP contribution in [0.15, 0.2) is 41.6 Å². The second-order valence-electron chi connectivity index (χ2n) is 6.00. The van der Waals surface area contributed by atoms with Crippen molar-refractivity contribution >= 4 is 21.6 Å². The monoisotopic (exact) mass is 396 g/mol. The fourth-order valence-electron chi connectivity index (χ4n) is 2.98. The summed E-state index contributed by atoms with van der Waals surface area (Å²) in [5, 5.41) is 0.403. The van der Waals surface area contributed by atoms with E-state index in [1.165, 1.54) is 22.6 Å². The molecule has 0 N–H and O–H groups in total. The Bertz CT molecular complexity index is 921. The smallest absolute Gasteiger partial charge is 0.243 e. The van der Waals surface area contributed by atoms with E-state index in [2.05, 4.69) is 4.98 Å². The molecule has 1 fully saturated rings. The highest BCUT2D eigenvalue weighted by atomic mass is 35.5. The van der Waals surface area contributed by atoms with Crippen LogP contribution >= 0.6 is 11.6 Å². The van der Waals surface area contributed by atoms with Crippen LogP contribution in [0.3, 0.4) is 0 Å². The van der Waals surface area contributed by atoms with Crippen LogP contribution in [0.5, 0.6) is 17.2 Å². The molecule has 0 radical (unpaired) electrons. The Morgan fingerprint density at radius 1 is 1.19 bits per heavy atom. The molecule has 138 valence electrons. The van der Waals surface area contributed by atoms with Crippen LogP contribution in [-0.4, -0.2) is 50.1 Å². The first-order valence-corrected chi connectivity index (χ1v) is 10.0. The van der Waals surface area contributed by atoms with Gasteiger partial charge >= 0.3 is 0 Å². The summed E-state index contributed by atoms with van der Waals surface area (Å²) in [6.07, 6.45) is 3.40. The average Bonchev–Trinajstić information content (AvgIpc) is 3.13. The van der Waals surface area contributed by atoms with Crippen LogP contribution in [0, 0.1) is 0 Å². The van der Waals surface area contributed by atoms with Crippen molar-refractivity contribution < 1.29 is 22.6 Å². The molecule has 7 nitrogen and oxygen atoms in total. The summed E-state index contributed by atoms with van der Waals surface area (Å²) in [6.45, 7) is 1.50. The zero-order valence-corrected chi connectivity index (χ0v) is 15.4. The van der Waals surface area contributed by atoms with Crippen LogP contribution in [0.4, 0.5) is 0 Å². The largest absolute Gasteiger partial charge is 0.487 e. The van der Waals surface area contributed by atoms with Gasteiger partial charge in [0, 0.05) is 31.1 Å². The molecule has 2 aromatic rings. The minimum absolute atomic E-state index is 0.185. The summed E-state index contributed by atoms with van der Waals surface area (Å²) in [4.78, 5) is 4.09. The molecule has 0 aliphatic carbocycles. The van der Waals surface area contributed by atoms with E-state index >= 15 is 0 Å². The number of hydrogen-bond acceptors (Lipinski definition) is 6. The van der Waals surface area contributed by atoms with E-state index in [0.717, 1.165) is 0 Å². The molecule has 9 heteroatoms. The van der Waals surface area contributed by atoms with Crippen molar-refractivity contribution in [1.82, 2.24) is 9.29 Å². The van der Waals surface area contributed by atoms with Gasteiger partial charge in [0.05, 0.1) is 11.4 Å². The summed E-state index contributed by atoms with van der Waals surface area (Å²) in [5.41, 5.74) is 0. The van der Waals surface area contributed by atoms with Crippen LogP contribution in [0.1, 0.15) is 6.42 Å². The van der Waals surface area contributed by atoms with Crippen LogP contribution < -0.4 is 14.2 Å². The standard InChI is InChI=1S/C17H17ClN2O5S/c18-14-10-19-5-3-15(14)25-12-4-6-20(11-12)26(21,22)13-1-2-16-17(9-13)24-8-7-23-16/h1-3,5,9-10,12H,4,6-8,11H2. The fourth-order valence-corrected chi connectivity index (χ4v) is 4.65. The maximum absolute atomic E-state index is 12.9. The molecule has 2 aliphatic heterocycles. The summed E-state index contributed by atoms with van der Waals surface area (Å²) in [5.74, 6) is 1.52. The van der Waals surface area contributed by atoms with Crippen LogP contribution in [0.2, 0.25) is 5.02 Å². The molecule has 1 aromatic heterocycles. The van der Waals surface area contributed by atoms with Crippen molar-refractivity contribution in [2.75, 3.05) is 26.3 Å². The van der Waals surface area contributed by atoms with Crippen molar-refractivity contribution in [3.05, 3.63) is 41.7 Å². The van der Waals surface area contributed by atoms with Gasteiger partial charge < -0.3 is 14.2 Å². The lowest BCUT2D eigenvalue weighted by Crippen LogP contribution is -2.31. The van der Waals surface area contributed by atoms with Gasteiger partial charge in [0.25, 0.3) is 0 Å². The predicted octanol–water partition coefficient (Wildman–Crippen LogP) is 2.35. The second-order valence-corrected chi connectivity index (χ2v) is 8.35. The number of halogens is 1. The van der Waals surface area contributed by atoms with Crippen LogP contribution in [0.25, 0.3) is 0 Å². The van der Waals surface area contributed by atoms with Crippen molar-refractivity contribution in [3.63, 3.8) is 0 Å². The number of pyridine rings is 1. The Balaban J connectivity index is 1.50. The average molecular weight is 397 g/mol. The van der Waals surface area contributed by atoms with Crippen molar-refractivity contribution in [3.8, 4) is 17.2 Å². The van der Waals surface area contributed by atoms with E-state index in [1.54, 1.807) is 18.3 Å². The molecule has 0 amide bonds. The Kier molecular flexibility index (Phi) is 4.64.